The van der Waals surface area contributed by atoms with Crippen molar-refractivity contribution in [3.05, 3.63) is 12.4 Å². The molecule has 0 radical (unpaired) electrons. The second-order valence-corrected chi connectivity index (χ2v) is 5.11. The lowest BCUT2D eigenvalue weighted by atomic mass is 10.2. The minimum absolute atomic E-state index is 0.225. The van der Waals surface area contributed by atoms with Crippen molar-refractivity contribution in [2.75, 3.05) is 24.4 Å². The van der Waals surface area contributed by atoms with Crippen LogP contribution in [-0.2, 0) is 10.8 Å². The van der Waals surface area contributed by atoms with E-state index in [4.69, 9.17) is 4.74 Å². The van der Waals surface area contributed by atoms with Crippen molar-refractivity contribution in [2.24, 2.45) is 0 Å². The summed E-state index contributed by atoms with van der Waals surface area (Å²) in [6.07, 6.45) is 4.00. The molecule has 16 heavy (non-hydrogen) atoms. The van der Waals surface area contributed by atoms with Crippen LogP contribution in [-0.4, -0.2) is 39.3 Å². The van der Waals surface area contributed by atoms with Gasteiger partial charge in [0, 0.05) is 34.9 Å². The first-order valence-electron chi connectivity index (χ1n) is 5.04. The van der Waals surface area contributed by atoms with Crippen LogP contribution in [0.5, 0.6) is 5.88 Å². The zero-order valence-electron chi connectivity index (χ0n) is 9.77. The lowest BCUT2D eigenvalue weighted by Crippen LogP contribution is -2.18. The standard InChI is InChI=1S/C10H17N3O2S/c1-8(4-5-16(3)14)13-9-6-10(15-2)12-7-11-9/h6-8H,4-5H2,1-3H3,(H,11,12,13). The molecule has 1 N–H and O–H groups in total. The Balaban J connectivity index is 2.48. The van der Waals surface area contributed by atoms with Crippen LogP contribution in [0.4, 0.5) is 5.82 Å². The lowest BCUT2D eigenvalue weighted by molar-refractivity contribution is 0.397. The van der Waals surface area contributed by atoms with E-state index in [1.807, 2.05) is 6.92 Å². The van der Waals surface area contributed by atoms with E-state index in [2.05, 4.69) is 15.3 Å². The number of hydrogen-bond acceptors (Lipinski definition) is 5. The normalized spacial score (nSPS) is 14.2. The fourth-order valence-corrected chi connectivity index (χ4v) is 1.88. The van der Waals surface area contributed by atoms with E-state index in [9.17, 15) is 4.21 Å². The maximum atomic E-state index is 10.9. The maximum absolute atomic E-state index is 10.9. The Labute approximate surface area is 98.1 Å². The van der Waals surface area contributed by atoms with Crippen molar-refractivity contribution >= 4 is 16.6 Å². The minimum atomic E-state index is -0.748. The van der Waals surface area contributed by atoms with Gasteiger partial charge in [-0.1, -0.05) is 0 Å². The van der Waals surface area contributed by atoms with Crippen molar-refractivity contribution < 1.29 is 8.95 Å². The third-order valence-electron chi connectivity index (χ3n) is 2.08. The summed E-state index contributed by atoms with van der Waals surface area (Å²) in [7, 11) is 0.818. The summed E-state index contributed by atoms with van der Waals surface area (Å²) in [6, 6.07) is 1.96. The van der Waals surface area contributed by atoms with Gasteiger partial charge in [-0.15, -0.1) is 0 Å². The molecule has 1 aromatic rings. The van der Waals surface area contributed by atoms with Gasteiger partial charge in [0.2, 0.25) is 5.88 Å². The second-order valence-electron chi connectivity index (χ2n) is 3.56. The van der Waals surface area contributed by atoms with Crippen LogP contribution in [0, 0.1) is 0 Å². The third kappa shape index (κ3) is 4.57. The molecule has 0 saturated carbocycles. The van der Waals surface area contributed by atoms with E-state index in [0.29, 0.717) is 11.6 Å². The van der Waals surface area contributed by atoms with Gasteiger partial charge in [0.05, 0.1) is 7.11 Å². The van der Waals surface area contributed by atoms with Gasteiger partial charge in [-0.2, -0.15) is 0 Å². The molecule has 0 aromatic carbocycles. The molecule has 0 aliphatic heterocycles. The summed E-state index contributed by atoms with van der Waals surface area (Å²) in [5, 5.41) is 3.21. The number of aromatic nitrogens is 2. The molecule has 0 fully saturated rings. The van der Waals surface area contributed by atoms with Gasteiger partial charge in [0.25, 0.3) is 0 Å². The molecule has 6 heteroatoms. The molecule has 5 nitrogen and oxygen atoms in total. The SMILES string of the molecule is COc1cc(NC(C)CCS(C)=O)ncn1. The highest BCUT2D eigenvalue weighted by Gasteiger charge is 2.05. The Morgan fingerprint density at radius 1 is 1.56 bits per heavy atom. The van der Waals surface area contributed by atoms with E-state index in [1.165, 1.54) is 6.33 Å². The first kappa shape index (κ1) is 12.9. The van der Waals surface area contributed by atoms with Crippen LogP contribution in [0.2, 0.25) is 0 Å². The molecule has 1 heterocycles. The first-order chi connectivity index (χ1) is 7.61. The maximum Gasteiger partial charge on any atom is 0.218 e. The fraction of sp³-hybridized carbons (Fsp3) is 0.600. The van der Waals surface area contributed by atoms with Gasteiger partial charge in [-0.3, -0.25) is 4.21 Å². The largest absolute Gasteiger partial charge is 0.481 e. The van der Waals surface area contributed by atoms with Gasteiger partial charge in [0.1, 0.15) is 12.1 Å². The third-order valence-corrected chi connectivity index (χ3v) is 2.89. The summed E-state index contributed by atoms with van der Waals surface area (Å²) >= 11 is 0. The molecule has 0 bridgehead atoms. The van der Waals surface area contributed by atoms with Crippen molar-refractivity contribution in [1.29, 1.82) is 0 Å². The number of ether oxygens (including phenoxy) is 1. The minimum Gasteiger partial charge on any atom is -0.481 e. The van der Waals surface area contributed by atoms with Crippen molar-refractivity contribution in [1.82, 2.24) is 9.97 Å². The van der Waals surface area contributed by atoms with Gasteiger partial charge < -0.3 is 10.1 Å². The van der Waals surface area contributed by atoms with E-state index < -0.39 is 10.8 Å². The first-order valence-corrected chi connectivity index (χ1v) is 6.77. The quantitative estimate of drug-likeness (QED) is 0.809. The fourth-order valence-electron chi connectivity index (χ4n) is 1.20. The van der Waals surface area contributed by atoms with Crippen LogP contribution in [0.25, 0.3) is 0 Å². The summed E-state index contributed by atoms with van der Waals surface area (Å²) in [4.78, 5) is 7.99. The average Bonchev–Trinajstić information content (AvgIpc) is 2.26. The number of methoxy groups -OCH3 is 1. The van der Waals surface area contributed by atoms with E-state index in [-0.39, 0.29) is 6.04 Å². The molecule has 0 spiro atoms. The molecule has 90 valence electrons. The highest BCUT2D eigenvalue weighted by molar-refractivity contribution is 7.84. The van der Waals surface area contributed by atoms with Crippen LogP contribution >= 0.6 is 0 Å². The Bertz CT molecular complexity index is 360. The van der Waals surface area contributed by atoms with Crippen LogP contribution < -0.4 is 10.1 Å². The molecular weight excluding hydrogens is 226 g/mol. The number of rotatable bonds is 6. The summed E-state index contributed by atoms with van der Waals surface area (Å²) in [5.74, 6) is 1.95. The molecule has 1 aromatic heterocycles. The number of anilines is 1. The Morgan fingerprint density at radius 3 is 2.94 bits per heavy atom. The Hall–Kier alpha value is -1.17. The molecular formula is C10H17N3O2S. The Kier molecular flexibility index (Phi) is 5.18. The van der Waals surface area contributed by atoms with Crippen LogP contribution in [0.15, 0.2) is 12.4 Å². The molecule has 0 aliphatic carbocycles. The highest BCUT2D eigenvalue weighted by atomic mass is 32.2. The predicted octanol–water partition coefficient (Wildman–Crippen LogP) is 1.05. The van der Waals surface area contributed by atoms with E-state index >= 15 is 0 Å². The van der Waals surface area contributed by atoms with Gasteiger partial charge in [-0.25, -0.2) is 9.97 Å². The van der Waals surface area contributed by atoms with Crippen molar-refractivity contribution in [3.63, 3.8) is 0 Å². The summed E-state index contributed by atoms with van der Waals surface area (Å²) in [6.45, 7) is 2.03. The molecule has 1 rings (SSSR count). The predicted molar refractivity (Wildman–Crippen MR) is 65.2 cm³/mol. The topological polar surface area (TPSA) is 64.1 Å². The van der Waals surface area contributed by atoms with Gasteiger partial charge in [-0.05, 0) is 13.3 Å². The summed E-state index contributed by atoms with van der Waals surface area (Å²) < 4.78 is 15.9. The zero-order chi connectivity index (χ0) is 12.0. The molecule has 0 amide bonds. The number of hydrogen-bond donors (Lipinski definition) is 1. The Morgan fingerprint density at radius 2 is 2.31 bits per heavy atom. The zero-order valence-corrected chi connectivity index (χ0v) is 10.6. The monoisotopic (exact) mass is 243 g/mol. The lowest BCUT2D eigenvalue weighted by Gasteiger charge is -2.13. The summed E-state index contributed by atoms with van der Waals surface area (Å²) in [5.41, 5.74) is 0. The molecule has 2 atom stereocenters. The molecule has 0 saturated heterocycles. The number of nitrogens with zero attached hydrogens (tertiary/aromatic N) is 2. The molecule has 0 aliphatic rings. The van der Waals surface area contributed by atoms with Crippen LogP contribution in [0.1, 0.15) is 13.3 Å². The highest BCUT2D eigenvalue weighted by Crippen LogP contribution is 2.11. The van der Waals surface area contributed by atoms with Gasteiger partial charge >= 0.3 is 0 Å². The van der Waals surface area contributed by atoms with Gasteiger partial charge in [0.15, 0.2) is 0 Å². The smallest absolute Gasteiger partial charge is 0.218 e. The van der Waals surface area contributed by atoms with E-state index in [1.54, 1.807) is 19.4 Å². The van der Waals surface area contributed by atoms with E-state index in [0.717, 1.165) is 12.2 Å². The molecule has 2 unspecified atom stereocenters. The number of nitrogens with one attached hydrogen (secondary N) is 1. The van der Waals surface area contributed by atoms with Crippen molar-refractivity contribution in [3.8, 4) is 5.88 Å². The average molecular weight is 243 g/mol. The van der Waals surface area contributed by atoms with Crippen molar-refractivity contribution in [2.45, 2.75) is 19.4 Å². The van der Waals surface area contributed by atoms with Crippen LogP contribution in [0.3, 0.4) is 0 Å². The second kappa shape index (κ2) is 6.42.